The fourth-order valence-corrected chi connectivity index (χ4v) is 2.09. The minimum atomic E-state index is -0.0668. The second-order valence-corrected chi connectivity index (χ2v) is 5.61. The van der Waals surface area contributed by atoms with Crippen LogP contribution in [0.25, 0.3) is 0 Å². The Morgan fingerprint density at radius 2 is 2.15 bits per heavy atom. The van der Waals surface area contributed by atoms with Crippen molar-refractivity contribution in [2.45, 2.75) is 26.4 Å². The van der Waals surface area contributed by atoms with E-state index in [2.05, 4.69) is 26.6 Å². The third kappa shape index (κ3) is 3.87. The summed E-state index contributed by atoms with van der Waals surface area (Å²) in [5, 5.41) is 6.11. The van der Waals surface area contributed by atoms with Gasteiger partial charge in [0.25, 0.3) is 5.91 Å². The molecule has 1 aromatic carbocycles. The van der Waals surface area contributed by atoms with E-state index in [0.717, 1.165) is 15.9 Å². The normalized spacial score (nSPS) is 10.6. The number of hydrogen-bond donors (Lipinski definition) is 2. The lowest BCUT2D eigenvalue weighted by molar-refractivity contribution is 0.0943. The number of hydrogen-bond acceptors (Lipinski definition) is 3. The van der Waals surface area contributed by atoms with Crippen molar-refractivity contribution >= 4 is 27.5 Å². The molecule has 5 heteroatoms. The number of anilines is 1. The molecule has 2 rings (SSSR count). The summed E-state index contributed by atoms with van der Waals surface area (Å²) in [6.07, 6.45) is 1.63. The number of amides is 1. The Kier molecular flexibility index (Phi) is 4.84. The molecule has 0 saturated heterocycles. The number of rotatable bonds is 5. The van der Waals surface area contributed by atoms with Gasteiger partial charge in [-0.05, 0) is 54.0 Å². The van der Waals surface area contributed by atoms with Crippen molar-refractivity contribution in [3.05, 3.63) is 52.4 Å². The maximum atomic E-state index is 11.9. The molecule has 0 aliphatic carbocycles. The molecule has 4 nitrogen and oxygen atoms in total. The van der Waals surface area contributed by atoms with Gasteiger partial charge in [0.15, 0.2) is 0 Å². The molecular formula is C15H17BrN2O2. The molecule has 0 atom stereocenters. The van der Waals surface area contributed by atoms with E-state index in [-0.39, 0.29) is 11.9 Å². The van der Waals surface area contributed by atoms with Gasteiger partial charge in [0.1, 0.15) is 5.76 Å². The second-order valence-electron chi connectivity index (χ2n) is 4.75. The highest BCUT2D eigenvalue weighted by molar-refractivity contribution is 9.10. The first-order valence-electron chi connectivity index (χ1n) is 6.43. The van der Waals surface area contributed by atoms with Crippen molar-refractivity contribution in [2.75, 3.05) is 5.32 Å². The van der Waals surface area contributed by atoms with Gasteiger partial charge in [-0.25, -0.2) is 0 Å². The monoisotopic (exact) mass is 336 g/mol. The van der Waals surface area contributed by atoms with E-state index < -0.39 is 0 Å². The van der Waals surface area contributed by atoms with Gasteiger partial charge in [-0.3, -0.25) is 4.79 Å². The Morgan fingerprint density at radius 3 is 2.80 bits per heavy atom. The van der Waals surface area contributed by atoms with Gasteiger partial charge in [0.2, 0.25) is 0 Å². The molecule has 0 fully saturated rings. The maximum absolute atomic E-state index is 11.9. The summed E-state index contributed by atoms with van der Waals surface area (Å²) in [6.45, 7) is 4.44. The van der Waals surface area contributed by atoms with Crippen LogP contribution >= 0.6 is 15.9 Å². The zero-order valence-electron chi connectivity index (χ0n) is 11.4. The Bertz CT molecular complexity index is 593. The standard InChI is InChI=1S/C15H17BrN2O2/c1-10(2)18-15(19)11-4-3-5-12(8-11)17-9-14-13(16)6-7-20-14/h3-8,10,17H,9H2,1-2H3,(H,18,19). The predicted octanol–water partition coefficient (Wildman–Crippen LogP) is 3.79. The average Bonchev–Trinajstić information content (AvgIpc) is 2.81. The second kappa shape index (κ2) is 6.61. The molecule has 1 amide bonds. The third-order valence-electron chi connectivity index (χ3n) is 2.69. The Balaban J connectivity index is 2.02. The van der Waals surface area contributed by atoms with Crippen LogP contribution in [-0.2, 0) is 6.54 Å². The van der Waals surface area contributed by atoms with E-state index in [4.69, 9.17) is 4.42 Å². The summed E-state index contributed by atoms with van der Waals surface area (Å²) in [5.41, 5.74) is 1.52. The summed E-state index contributed by atoms with van der Waals surface area (Å²) in [5.74, 6) is 0.755. The lowest BCUT2D eigenvalue weighted by Crippen LogP contribution is -2.30. The van der Waals surface area contributed by atoms with Crippen LogP contribution in [-0.4, -0.2) is 11.9 Å². The number of benzene rings is 1. The van der Waals surface area contributed by atoms with Crippen molar-refractivity contribution in [3.8, 4) is 0 Å². The first kappa shape index (κ1) is 14.7. The molecule has 0 aliphatic rings. The van der Waals surface area contributed by atoms with Crippen molar-refractivity contribution in [3.63, 3.8) is 0 Å². The summed E-state index contributed by atoms with van der Waals surface area (Å²) in [7, 11) is 0. The molecule has 0 saturated carbocycles. The van der Waals surface area contributed by atoms with Gasteiger partial charge in [-0.1, -0.05) is 6.07 Å². The topological polar surface area (TPSA) is 54.3 Å². The van der Waals surface area contributed by atoms with E-state index in [0.29, 0.717) is 12.1 Å². The SMILES string of the molecule is CC(C)NC(=O)c1cccc(NCc2occc2Br)c1. The van der Waals surface area contributed by atoms with Gasteiger partial charge in [-0.15, -0.1) is 0 Å². The molecule has 0 aliphatic heterocycles. The van der Waals surface area contributed by atoms with Crippen LogP contribution in [0.15, 0.2) is 45.5 Å². The van der Waals surface area contributed by atoms with Crippen molar-refractivity contribution in [1.82, 2.24) is 5.32 Å². The van der Waals surface area contributed by atoms with Crippen LogP contribution in [0, 0.1) is 0 Å². The van der Waals surface area contributed by atoms with E-state index in [1.807, 2.05) is 38.1 Å². The van der Waals surface area contributed by atoms with Crippen molar-refractivity contribution < 1.29 is 9.21 Å². The molecule has 20 heavy (non-hydrogen) atoms. The van der Waals surface area contributed by atoms with Crippen LogP contribution in [0.5, 0.6) is 0 Å². The lowest BCUT2D eigenvalue weighted by atomic mass is 10.1. The fourth-order valence-electron chi connectivity index (χ4n) is 1.75. The smallest absolute Gasteiger partial charge is 0.251 e. The van der Waals surface area contributed by atoms with Crippen molar-refractivity contribution in [2.24, 2.45) is 0 Å². The minimum Gasteiger partial charge on any atom is -0.466 e. The van der Waals surface area contributed by atoms with Gasteiger partial charge in [0, 0.05) is 17.3 Å². The summed E-state index contributed by atoms with van der Waals surface area (Å²) >= 11 is 3.41. The Labute approximate surface area is 126 Å². The third-order valence-corrected chi connectivity index (χ3v) is 3.40. The molecule has 1 aromatic heterocycles. The number of halogens is 1. The summed E-state index contributed by atoms with van der Waals surface area (Å²) in [4.78, 5) is 11.9. The Morgan fingerprint density at radius 1 is 1.35 bits per heavy atom. The molecule has 2 N–H and O–H groups in total. The number of nitrogens with one attached hydrogen (secondary N) is 2. The maximum Gasteiger partial charge on any atom is 0.251 e. The van der Waals surface area contributed by atoms with E-state index in [9.17, 15) is 4.79 Å². The van der Waals surface area contributed by atoms with Crippen molar-refractivity contribution in [1.29, 1.82) is 0 Å². The first-order valence-corrected chi connectivity index (χ1v) is 7.22. The van der Waals surface area contributed by atoms with Gasteiger partial charge in [0.05, 0.1) is 17.3 Å². The fraction of sp³-hybridized carbons (Fsp3) is 0.267. The summed E-state index contributed by atoms with van der Waals surface area (Å²) < 4.78 is 6.26. The Hall–Kier alpha value is -1.75. The highest BCUT2D eigenvalue weighted by Crippen LogP contribution is 2.19. The van der Waals surface area contributed by atoms with E-state index in [1.54, 1.807) is 12.3 Å². The molecule has 0 bridgehead atoms. The molecular weight excluding hydrogens is 320 g/mol. The molecule has 0 radical (unpaired) electrons. The van der Waals surface area contributed by atoms with Crippen LogP contribution < -0.4 is 10.6 Å². The van der Waals surface area contributed by atoms with Crippen LogP contribution in [0.1, 0.15) is 30.0 Å². The van der Waals surface area contributed by atoms with Gasteiger partial charge in [-0.2, -0.15) is 0 Å². The largest absolute Gasteiger partial charge is 0.466 e. The number of furan rings is 1. The summed E-state index contributed by atoms with van der Waals surface area (Å²) in [6, 6.07) is 9.37. The van der Waals surface area contributed by atoms with Crippen LogP contribution in [0.3, 0.4) is 0 Å². The highest BCUT2D eigenvalue weighted by Gasteiger charge is 2.08. The molecule has 0 spiro atoms. The predicted molar refractivity (Wildman–Crippen MR) is 82.8 cm³/mol. The average molecular weight is 337 g/mol. The van der Waals surface area contributed by atoms with Gasteiger partial charge < -0.3 is 15.1 Å². The lowest BCUT2D eigenvalue weighted by Gasteiger charge is -2.10. The highest BCUT2D eigenvalue weighted by atomic mass is 79.9. The van der Waals surface area contributed by atoms with Crippen LogP contribution in [0.4, 0.5) is 5.69 Å². The molecule has 2 aromatic rings. The zero-order chi connectivity index (χ0) is 14.5. The van der Waals surface area contributed by atoms with Gasteiger partial charge >= 0.3 is 0 Å². The number of carbonyl (C=O) groups is 1. The molecule has 0 unspecified atom stereocenters. The molecule has 106 valence electrons. The number of carbonyl (C=O) groups excluding carboxylic acids is 1. The first-order chi connectivity index (χ1) is 9.56. The minimum absolute atomic E-state index is 0.0668. The quantitative estimate of drug-likeness (QED) is 0.873. The van der Waals surface area contributed by atoms with E-state index in [1.165, 1.54) is 0 Å². The molecule has 1 heterocycles. The van der Waals surface area contributed by atoms with Crippen LogP contribution in [0.2, 0.25) is 0 Å². The zero-order valence-corrected chi connectivity index (χ0v) is 13.0. The van der Waals surface area contributed by atoms with E-state index >= 15 is 0 Å².